The fourth-order valence-corrected chi connectivity index (χ4v) is 2.92. The van der Waals surface area contributed by atoms with Gasteiger partial charge in [0.05, 0.1) is 5.52 Å². The van der Waals surface area contributed by atoms with Gasteiger partial charge >= 0.3 is 0 Å². The van der Waals surface area contributed by atoms with E-state index in [4.69, 9.17) is 0 Å². The molecule has 1 aromatic heterocycles. The van der Waals surface area contributed by atoms with Gasteiger partial charge in [0.2, 0.25) is 0 Å². The van der Waals surface area contributed by atoms with Gasteiger partial charge in [0.25, 0.3) is 5.91 Å². The summed E-state index contributed by atoms with van der Waals surface area (Å²) < 4.78 is 1.59. The lowest BCUT2D eigenvalue weighted by Crippen LogP contribution is -2.10. The van der Waals surface area contributed by atoms with Gasteiger partial charge in [0, 0.05) is 28.3 Å². The van der Waals surface area contributed by atoms with E-state index in [1.54, 1.807) is 47.2 Å². The Hall–Kier alpha value is -3.46. The first-order valence-corrected chi connectivity index (χ1v) is 8.05. The molecule has 0 atom stereocenters. The van der Waals surface area contributed by atoms with Gasteiger partial charge in [-0.2, -0.15) is 0 Å². The van der Waals surface area contributed by atoms with E-state index in [2.05, 4.69) is 0 Å². The highest BCUT2D eigenvalue weighted by atomic mass is 16.2. The van der Waals surface area contributed by atoms with Crippen LogP contribution < -0.4 is 0 Å². The molecule has 0 aliphatic rings. The largest absolute Gasteiger partial charge is 0.289 e. The molecule has 0 spiro atoms. The number of hydrogen-bond donors (Lipinski definition) is 0. The van der Waals surface area contributed by atoms with E-state index in [-0.39, 0.29) is 11.7 Å². The van der Waals surface area contributed by atoms with Gasteiger partial charge in [-0.05, 0) is 24.3 Å². The Balaban J connectivity index is 1.78. The van der Waals surface area contributed by atoms with Crippen LogP contribution in [0.25, 0.3) is 10.9 Å². The molecule has 0 aliphatic heterocycles. The van der Waals surface area contributed by atoms with Crippen molar-refractivity contribution in [1.82, 2.24) is 4.57 Å². The normalized spacial score (nSPS) is 10.7. The highest BCUT2D eigenvalue weighted by Gasteiger charge is 2.14. The summed E-state index contributed by atoms with van der Waals surface area (Å²) in [6, 6.07) is 25.6. The van der Waals surface area contributed by atoms with Gasteiger partial charge in [-0.1, -0.05) is 60.7 Å². The second kappa shape index (κ2) is 6.21. The lowest BCUT2D eigenvalue weighted by molar-refractivity contribution is 0.0963. The molecular formula is C22H15NO2. The molecule has 0 bridgehead atoms. The Bertz CT molecular complexity index is 1060. The molecule has 0 radical (unpaired) electrons. The van der Waals surface area contributed by atoms with Crippen LogP contribution in [0.4, 0.5) is 0 Å². The molecule has 25 heavy (non-hydrogen) atoms. The zero-order valence-electron chi connectivity index (χ0n) is 13.4. The lowest BCUT2D eigenvalue weighted by Gasteiger charge is -2.06. The van der Waals surface area contributed by atoms with Crippen LogP contribution in [0.15, 0.2) is 91.1 Å². The Kier molecular flexibility index (Phi) is 3.75. The number of fused-ring (bicyclic) bond motifs is 1. The number of carbonyl (C=O) groups is 2. The van der Waals surface area contributed by atoms with Crippen molar-refractivity contribution in [3.63, 3.8) is 0 Å². The zero-order valence-corrected chi connectivity index (χ0v) is 13.4. The number of carbonyl (C=O) groups excluding carboxylic acids is 2. The Labute approximate surface area is 145 Å². The first kappa shape index (κ1) is 15.1. The van der Waals surface area contributed by atoms with Gasteiger partial charge in [-0.3, -0.25) is 14.2 Å². The summed E-state index contributed by atoms with van der Waals surface area (Å²) >= 11 is 0. The first-order valence-electron chi connectivity index (χ1n) is 8.05. The topological polar surface area (TPSA) is 39.1 Å². The van der Waals surface area contributed by atoms with Gasteiger partial charge in [0.1, 0.15) is 0 Å². The Morgan fingerprint density at radius 3 is 1.96 bits per heavy atom. The fraction of sp³-hybridized carbons (Fsp3) is 0. The van der Waals surface area contributed by atoms with Crippen LogP contribution in [-0.4, -0.2) is 16.3 Å². The molecule has 0 amide bonds. The summed E-state index contributed by atoms with van der Waals surface area (Å²) in [6.07, 6.45) is 1.75. The van der Waals surface area contributed by atoms with Crippen LogP contribution in [0, 0.1) is 0 Å². The molecule has 4 aromatic rings. The second-order valence-electron chi connectivity index (χ2n) is 5.83. The summed E-state index contributed by atoms with van der Waals surface area (Å²) in [5.41, 5.74) is 2.55. The van der Waals surface area contributed by atoms with Crippen molar-refractivity contribution in [3.8, 4) is 0 Å². The molecular weight excluding hydrogens is 310 g/mol. The van der Waals surface area contributed by atoms with E-state index in [1.807, 2.05) is 48.5 Å². The van der Waals surface area contributed by atoms with Crippen LogP contribution in [0.2, 0.25) is 0 Å². The molecule has 3 heteroatoms. The van der Waals surface area contributed by atoms with Gasteiger partial charge in [0.15, 0.2) is 5.78 Å². The number of hydrogen-bond acceptors (Lipinski definition) is 2. The number of aromatic nitrogens is 1. The average Bonchev–Trinajstić information content (AvgIpc) is 3.11. The molecule has 0 unspecified atom stereocenters. The molecule has 4 rings (SSSR count). The predicted molar refractivity (Wildman–Crippen MR) is 98.0 cm³/mol. The van der Waals surface area contributed by atoms with E-state index in [9.17, 15) is 9.59 Å². The molecule has 0 saturated carbocycles. The van der Waals surface area contributed by atoms with Crippen molar-refractivity contribution in [2.45, 2.75) is 0 Å². The van der Waals surface area contributed by atoms with E-state index < -0.39 is 0 Å². The third-order valence-corrected chi connectivity index (χ3v) is 4.23. The van der Waals surface area contributed by atoms with Gasteiger partial charge < -0.3 is 0 Å². The van der Waals surface area contributed by atoms with Crippen LogP contribution in [0.3, 0.4) is 0 Å². The average molecular weight is 325 g/mol. The first-order chi connectivity index (χ1) is 12.2. The van der Waals surface area contributed by atoms with Crippen molar-refractivity contribution in [1.29, 1.82) is 0 Å². The van der Waals surface area contributed by atoms with Crippen LogP contribution in [0.1, 0.15) is 26.3 Å². The van der Waals surface area contributed by atoms with Crippen molar-refractivity contribution >= 4 is 22.6 Å². The lowest BCUT2D eigenvalue weighted by atomic mass is 10.0. The van der Waals surface area contributed by atoms with Gasteiger partial charge in [-0.15, -0.1) is 0 Å². The SMILES string of the molecule is O=C(c1ccccc1)c1ccc2ccn(C(=O)c3ccccc3)c2c1. The molecule has 3 nitrogen and oxygen atoms in total. The third-order valence-electron chi connectivity index (χ3n) is 4.23. The number of rotatable bonds is 3. The van der Waals surface area contributed by atoms with Gasteiger partial charge in [-0.25, -0.2) is 0 Å². The molecule has 1 heterocycles. The maximum absolute atomic E-state index is 12.8. The second-order valence-corrected chi connectivity index (χ2v) is 5.83. The molecule has 120 valence electrons. The van der Waals surface area contributed by atoms with Crippen molar-refractivity contribution in [3.05, 3.63) is 108 Å². The maximum atomic E-state index is 12.8. The van der Waals surface area contributed by atoms with E-state index in [0.717, 1.165) is 10.9 Å². The van der Waals surface area contributed by atoms with E-state index in [0.29, 0.717) is 16.7 Å². The number of ketones is 1. The maximum Gasteiger partial charge on any atom is 0.262 e. The minimum Gasteiger partial charge on any atom is -0.289 e. The van der Waals surface area contributed by atoms with Crippen LogP contribution >= 0.6 is 0 Å². The summed E-state index contributed by atoms with van der Waals surface area (Å²) in [5, 5.41) is 0.925. The van der Waals surface area contributed by atoms with Crippen molar-refractivity contribution in [2.75, 3.05) is 0 Å². The number of benzene rings is 3. The monoisotopic (exact) mass is 325 g/mol. The van der Waals surface area contributed by atoms with Crippen molar-refractivity contribution < 1.29 is 9.59 Å². The highest BCUT2D eigenvalue weighted by molar-refractivity contribution is 6.11. The van der Waals surface area contributed by atoms with Crippen LogP contribution in [0.5, 0.6) is 0 Å². The predicted octanol–water partition coefficient (Wildman–Crippen LogP) is 4.56. The summed E-state index contributed by atoms with van der Waals surface area (Å²) in [4.78, 5) is 25.4. The zero-order chi connectivity index (χ0) is 17.2. The Morgan fingerprint density at radius 2 is 1.28 bits per heavy atom. The molecule has 0 saturated heterocycles. The fourth-order valence-electron chi connectivity index (χ4n) is 2.92. The summed E-state index contributed by atoms with van der Waals surface area (Å²) in [6.45, 7) is 0. The highest BCUT2D eigenvalue weighted by Crippen LogP contribution is 2.21. The molecule has 0 N–H and O–H groups in total. The van der Waals surface area contributed by atoms with Crippen molar-refractivity contribution in [2.24, 2.45) is 0 Å². The minimum absolute atomic E-state index is 0.0533. The third kappa shape index (κ3) is 2.76. The number of nitrogens with zero attached hydrogens (tertiary/aromatic N) is 1. The molecule has 0 fully saturated rings. The standard InChI is InChI=1S/C22H15NO2/c24-21(17-7-3-1-4-8-17)19-12-11-16-13-14-23(20(16)15-19)22(25)18-9-5-2-6-10-18/h1-15H. The smallest absolute Gasteiger partial charge is 0.262 e. The summed E-state index contributed by atoms with van der Waals surface area (Å²) in [5.74, 6) is -0.165. The Morgan fingerprint density at radius 1 is 0.640 bits per heavy atom. The molecule has 0 aliphatic carbocycles. The quantitative estimate of drug-likeness (QED) is 0.518. The molecule has 3 aromatic carbocycles. The summed E-state index contributed by atoms with van der Waals surface area (Å²) in [7, 11) is 0. The van der Waals surface area contributed by atoms with E-state index >= 15 is 0 Å². The van der Waals surface area contributed by atoms with E-state index in [1.165, 1.54) is 0 Å². The van der Waals surface area contributed by atoms with Crippen LogP contribution in [-0.2, 0) is 0 Å². The minimum atomic E-state index is -0.111.